The van der Waals surface area contributed by atoms with Gasteiger partial charge in [-0.25, -0.2) is 6.57 Å². The lowest BCUT2D eigenvalue weighted by Gasteiger charge is -2.40. The topological polar surface area (TPSA) is 75.4 Å². The van der Waals surface area contributed by atoms with Crippen molar-refractivity contribution in [3.8, 4) is 6.01 Å². The average Bonchev–Trinajstić information content (AvgIpc) is 3.02. The summed E-state index contributed by atoms with van der Waals surface area (Å²) in [6.07, 6.45) is 1.78. The summed E-state index contributed by atoms with van der Waals surface area (Å²) in [4.78, 5) is 32.1. The molecule has 220 valence electrons. The molecule has 1 aromatic heterocycles. The maximum absolute atomic E-state index is 12.5. The highest BCUT2D eigenvalue weighted by molar-refractivity contribution is 5.89. The van der Waals surface area contributed by atoms with E-state index in [0.717, 1.165) is 42.3 Å². The predicted molar refractivity (Wildman–Crippen MR) is 165 cm³/mol. The van der Waals surface area contributed by atoms with Crippen molar-refractivity contribution >= 4 is 22.5 Å². The molecule has 5 rings (SSSR count). The van der Waals surface area contributed by atoms with Gasteiger partial charge < -0.3 is 29.0 Å². The van der Waals surface area contributed by atoms with E-state index in [2.05, 4.69) is 78.4 Å². The molecule has 0 saturated carbocycles. The number of nitrogens with zero attached hydrogens (tertiary/aromatic N) is 6. The van der Waals surface area contributed by atoms with Crippen molar-refractivity contribution in [3.05, 3.63) is 82.9 Å². The zero-order valence-corrected chi connectivity index (χ0v) is 24.9. The van der Waals surface area contributed by atoms with Crippen molar-refractivity contribution in [2.45, 2.75) is 45.9 Å². The van der Waals surface area contributed by atoms with Gasteiger partial charge in [-0.2, -0.15) is 9.97 Å². The van der Waals surface area contributed by atoms with Crippen LogP contribution in [0.25, 0.3) is 15.6 Å². The first-order valence-corrected chi connectivity index (χ1v) is 14.8. The summed E-state index contributed by atoms with van der Waals surface area (Å²) >= 11 is 0. The Balaban J connectivity index is 1.48. The summed E-state index contributed by atoms with van der Waals surface area (Å²) in [6.45, 7) is 22.9. The standard InChI is InChI=1S/C33H40N6O3/c1-6-30(40)39-16-15-38(21-25(39)20-34-5)32-27-22-42-29(26-14-10-13-24-12-9-11-23(4)31(24)26)19-28(27)35-33(36-32)41-18-17-37(7-2)8-3/h6,9-14,25,29H,1,7-8,15-22H2,2-4H3/t25-,29-/m0/s1. The maximum atomic E-state index is 12.5. The number of anilines is 1. The van der Waals surface area contributed by atoms with Crippen molar-refractivity contribution in [1.29, 1.82) is 0 Å². The van der Waals surface area contributed by atoms with Gasteiger partial charge >= 0.3 is 6.01 Å². The third kappa shape index (κ3) is 6.10. The summed E-state index contributed by atoms with van der Waals surface area (Å²) in [5, 5.41) is 2.42. The van der Waals surface area contributed by atoms with Crippen molar-refractivity contribution in [1.82, 2.24) is 19.8 Å². The molecule has 9 heteroatoms. The molecule has 0 unspecified atom stereocenters. The van der Waals surface area contributed by atoms with E-state index in [4.69, 9.17) is 26.0 Å². The second kappa shape index (κ2) is 13.3. The monoisotopic (exact) mass is 568 g/mol. The number of ether oxygens (including phenoxy) is 2. The smallest absolute Gasteiger partial charge is 0.318 e. The van der Waals surface area contributed by atoms with E-state index < -0.39 is 0 Å². The summed E-state index contributed by atoms with van der Waals surface area (Å²) in [5.74, 6) is 0.621. The van der Waals surface area contributed by atoms with E-state index in [0.29, 0.717) is 45.3 Å². The normalized spacial score (nSPS) is 18.5. The molecule has 0 N–H and O–H groups in total. The van der Waals surface area contributed by atoms with Gasteiger partial charge in [-0.05, 0) is 48.0 Å². The summed E-state index contributed by atoms with van der Waals surface area (Å²) in [5.41, 5.74) is 4.25. The van der Waals surface area contributed by atoms with Crippen LogP contribution in [0.2, 0.25) is 0 Å². The molecular weight excluding hydrogens is 528 g/mol. The van der Waals surface area contributed by atoms with Gasteiger partial charge in [0.1, 0.15) is 18.5 Å². The fourth-order valence-electron chi connectivity index (χ4n) is 6.11. The Morgan fingerprint density at radius 1 is 1.21 bits per heavy atom. The van der Waals surface area contributed by atoms with Crippen LogP contribution in [-0.2, 0) is 22.6 Å². The Hall–Kier alpha value is -4.00. The van der Waals surface area contributed by atoms with Gasteiger partial charge in [0, 0.05) is 38.2 Å². The second-order valence-corrected chi connectivity index (χ2v) is 10.8. The molecule has 3 heterocycles. The molecule has 0 aliphatic carbocycles. The zero-order valence-electron chi connectivity index (χ0n) is 24.9. The fourth-order valence-corrected chi connectivity index (χ4v) is 6.11. The molecule has 2 aromatic carbocycles. The predicted octanol–water partition coefficient (Wildman–Crippen LogP) is 4.60. The Labute approximate surface area is 248 Å². The van der Waals surface area contributed by atoms with Gasteiger partial charge in [-0.3, -0.25) is 4.79 Å². The Bertz CT molecular complexity index is 1480. The molecule has 2 atom stereocenters. The van der Waals surface area contributed by atoms with Gasteiger partial charge in [-0.15, -0.1) is 0 Å². The number of likely N-dealkylation sites (N-methyl/N-ethyl adjacent to an activating group) is 1. The van der Waals surface area contributed by atoms with Crippen LogP contribution in [0.4, 0.5) is 5.82 Å². The summed E-state index contributed by atoms with van der Waals surface area (Å²) in [6, 6.07) is 12.9. The van der Waals surface area contributed by atoms with E-state index in [1.54, 1.807) is 4.90 Å². The van der Waals surface area contributed by atoms with Gasteiger partial charge in [0.2, 0.25) is 12.5 Å². The van der Waals surface area contributed by atoms with Gasteiger partial charge in [0.25, 0.3) is 0 Å². The van der Waals surface area contributed by atoms with Crippen LogP contribution in [0.1, 0.15) is 42.3 Å². The fraction of sp³-hybridized carbons (Fsp3) is 0.455. The molecule has 0 radical (unpaired) electrons. The summed E-state index contributed by atoms with van der Waals surface area (Å²) in [7, 11) is 0. The molecule has 9 nitrogen and oxygen atoms in total. The summed E-state index contributed by atoms with van der Waals surface area (Å²) < 4.78 is 12.7. The minimum atomic E-state index is -0.254. The SMILES string of the molecule is [C-]#[N+]C[C@H]1CN(c2nc(OCCN(CC)CC)nc3c2CO[C@H](c2cccc4cccc(C)c24)C3)CCN1C(=O)C=C. The number of carbonyl (C=O) groups is 1. The zero-order chi connectivity index (χ0) is 29.6. The Kier molecular flexibility index (Phi) is 9.35. The van der Waals surface area contributed by atoms with Crippen LogP contribution >= 0.6 is 0 Å². The third-order valence-electron chi connectivity index (χ3n) is 8.43. The number of benzene rings is 2. The Morgan fingerprint density at radius 2 is 2.00 bits per heavy atom. The molecular formula is C33H40N6O3. The number of aromatic nitrogens is 2. The first kappa shape index (κ1) is 29.5. The molecule has 0 bridgehead atoms. The molecule has 3 aromatic rings. The molecule has 42 heavy (non-hydrogen) atoms. The van der Waals surface area contributed by atoms with Crippen molar-refractivity contribution in [2.75, 3.05) is 57.3 Å². The minimum absolute atomic E-state index is 0.148. The molecule has 1 amide bonds. The number of hydrogen-bond acceptors (Lipinski definition) is 7. The number of fused-ring (bicyclic) bond motifs is 2. The first-order valence-electron chi connectivity index (χ1n) is 14.8. The van der Waals surface area contributed by atoms with Crippen molar-refractivity contribution in [2.24, 2.45) is 0 Å². The van der Waals surface area contributed by atoms with Crippen molar-refractivity contribution < 1.29 is 14.3 Å². The molecule has 2 aliphatic rings. The number of piperazine rings is 1. The van der Waals surface area contributed by atoms with E-state index in [1.807, 2.05) is 0 Å². The number of hydrogen-bond donors (Lipinski definition) is 0. The highest BCUT2D eigenvalue weighted by atomic mass is 16.5. The van der Waals surface area contributed by atoms with Gasteiger partial charge in [0.05, 0.1) is 18.4 Å². The highest BCUT2D eigenvalue weighted by Crippen LogP contribution is 2.38. The average molecular weight is 569 g/mol. The van der Waals surface area contributed by atoms with E-state index in [1.165, 1.54) is 22.4 Å². The quantitative estimate of drug-likeness (QED) is 0.262. The van der Waals surface area contributed by atoms with Crippen LogP contribution in [-0.4, -0.2) is 84.1 Å². The van der Waals surface area contributed by atoms with Crippen molar-refractivity contribution in [3.63, 3.8) is 0 Å². The lowest BCUT2D eigenvalue weighted by atomic mass is 9.92. The lowest BCUT2D eigenvalue weighted by Crippen LogP contribution is -2.56. The van der Waals surface area contributed by atoms with Crippen LogP contribution < -0.4 is 9.64 Å². The van der Waals surface area contributed by atoms with Gasteiger partial charge in [-0.1, -0.05) is 56.8 Å². The number of aryl methyl sites for hydroxylation is 1. The van der Waals surface area contributed by atoms with E-state index in [-0.39, 0.29) is 24.6 Å². The van der Waals surface area contributed by atoms with Crippen LogP contribution in [0, 0.1) is 13.5 Å². The second-order valence-electron chi connectivity index (χ2n) is 10.8. The molecule has 1 fully saturated rings. The highest BCUT2D eigenvalue weighted by Gasteiger charge is 2.35. The Morgan fingerprint density at radius 3 is 2.74 bits per heavy atom. The maximum Gasteiger partial charge on any atom is 0.318 e. The number of rotatable bonds is 10. The van der Waals surface area contributed by atoms with Crippen LogP contribution in [0.15, 0.2) is 49.1 Å². The van der Waals surface area contributed by atoms with Gasteiger partial charge in [0.15, 0.2) is 0 Å². The number of carbonyl (C=O) groups excluding carboxylic acids is 1. The minimum Gasteiger partial charge on any atom is -0.462 e. The van der Waals surface area contributed by atoms with E-state index in [9.17, 15) is 4.79 Å². The largest absolute Gasteiger partial charge is 0.462 e. The van der Waals surface area contributed by atoms with E-state index >= 15 is 0 Å². The number of amides is 1. The van der Waals surface area contributed by atoms with Crippen LogP contribution in [0.3, 0.4) is 0 Å². The third-order valence-corrected chi connectivity index (χ3v) is 8.43. The lowest BCUT2D eigenvalue weighted by molar-refractivity contribution is -0.128. The molecule has 2 aliphatic heterocycles. The first-order chi connectivity index (χ1) is 20.5. The van der Waals surface area contributed by atoms with Crippen LogP contribution in [0.5, 0.6) is 6.01 Å². The molecule has 1 saturated heterocycles. The molecule has 0 spiro atoms.